The Hall–Kier alpha value is -2.46. The maximum Gasteiger partial charge on any atom is 0.127 e. The van der Waals surface area contributed by atoms with E-state index in [1.807, 2.05) is 0 Å². The van der Waals surface area contributed by atoms with Crippen LogP contribution in [0.4, 0.5) is 0 Å². The van der Waals surface area contributed by atoms with E-state index in [2.05, 4.69) is 126 Å². The van der Waals surface area contributed by atoms with Crippen molar-refractivity contribution < 1.29 is 5.11 Å². The monoisotopic (exact) mass is 484 g/mol. The van der Waals surface area contributed by atoms with Crippen LogP contribution in [0.3, 0.4) is 0 Å². The zero-order valence-corrected chi connectivity index (χ0v) is 22.7. The summed E-state index contributed by atoms with van der Waals surface area (Å²) in [4.78, 5) is 0. The molecule has 34 heavy (non-hydrogen) atoms. The highest BCUT2D eigenvalue weighted by molar-refractivity contribution is 7.72. The maximum atomic E-state index is 11.2. The molecule has 0 aliphatic carbocycles. The molecule has 0 heterocycles. The highest BCUT2D eigenvalue weighted by Gasteiger charge is 2.22. The molecule has 0 fully saturated rings. The number of hydrogen-bond donors (Lipinski definition) is 1. The first kappa shape index (κ1) is 24.7. The number of phenolic OH excluding ortho intramolecular Hbond substituents is 1. The van der Waals surface area contributed by atoms with Gasteiger partial charge in [-0.05, 0) is 65.9 Å². The van der Waals surface area contributed by atoms with Gasteiger partial charge in [-0.3, -0.25) is 0 Å². The van der Waals surface area contributed by atoms with Crippen molar-refractivity contribution >= 4 is 37.7 Å². The number of rotatable bonds is 6. The molecule has 1 atom stereocenters. The molecule has 0 saturated carbocycles. The predicted octanol–water partition coefficient (Wildman–Crippen LogP) is 6.57. The molecule has 4 aromatic carbocycles. The Morgan fingerprint density at radius 3 is 1.91 bits per heavy atom. The van der Waals surface area contributed by atoms with Gasteiger partial charge in [0.15, 0.2) is 0 Å². The second-order valence-electron chi connectivity index (χ2n) is 9.95. The smallest absolute Gasteiger partial charge is 0.127 e. The standard InChI is InChI=1S/C31H34OP2/c1-22-19-27(31(3,4)5)29(32)28(20-22)33-30-23(2)13-12-14-24(30)21-34(25-15-8-6-9-16-25)26-17-10-7-11-18-26/h6-20,32-33H,21H2,1-5H3. The Morgan fingerprint density at radius 2 is 1.35 bits per heavy atom. The second kappa shape index (κ2) is 10.4. The van der Waals surface area contributed by atoms with Crippen molar-refractivity contribution in [1.82, 2.24) is 0 Å². The van der Waals surface area contributed by atoms with Crippen LogP contribution >= 0.6 is 16.5 Å². The molecule has 0 amide bonds. The van der Waals surface area contributed by atoms with E-state index in [1.54, 1.807) is 0 Å². The molecule has 1 N–H and O–H groups in total. The molecular weight excluding hydrogens is 450 g/mol. The third-order valence-corrected chi connectivity index (χ3v) is 10.3. The molecular formula is C31H34OP2. The van der Waals surface area contributed by atoms with Gasteiger partial charge in [-0.25, -0.2) is 0 Å². The average Bonchev–Trinajstić information content (AvgIpc) is 2.81. The molecule has 1 unspecified atom stereocenters. The van der Waals surface area contributed by atoms with Gasteiger partial charge < -0.3 is 5.11 Å². The van der Waals surface area contributed by atoms with Crippen LogP contribution in [0, 0.1) is 13.8 Å². The van der Waals surface area contributed by atoms with E-state index in [-0.39, 0.29) is 5.41 Å². The molecule has 0 aliphatic rings. The zero-order chi connectivity index (χ0) is 24.3. The Bertz CT molecular complexity index is 1220. The van der Waals surface area contributed by atoms with Gasteiger partial charge in [0.2, 0.25) is 0 Å². The van der Waals surface area contributed by atoms with E-state index in [0.717, 1.165) is 17.0 Å². The molecule has 0 bridgehead atoms. The fourth-order valence-corrected chi connectivity index (χ4v) is 8.25. The molecule has 4 rings (SSSR count). The fraction of sp³-hybridized carbons (Fsp3) is 0.226. The minimum Gasteiger partial charge on any atom is -0.507 e. The molecule has 0 aliphatic heterocycles. The van der Waals surface area contributed by atoms with E-state index in [9.17, 15) is 5.11 Å². The van der Waals surface area contributed by atoms with E-state index in [1.165, 1.54) is 32.6 Å². The molecule has 174 valence electrons. The van der Waals surface area contributed by atoms with Crippen molar-refractivity contribution in [2.75, 3.05) is 0 Å². The predicted molar refractivity (Wildman–Crippen MR) is 153 cm³/mol. The SMILES string of the molecule is Cc1cc(Pc2c(C)cccc2CP(c2ccccc2)c2ccccc2)c(O)c(C(C)(C)C)c1. The molecule has 1 nitrogen and oxygen atoms in total. The quantitative estimate of drug-likeness (QED) is 0.307. The number of phenols is 1. The molecule has 0 spiro atoms. The van der Waals surface area contributed by atoms with Crippen LogP contribution < -0.4 is 21.2 Å². The van der Waals surface area contributed by atoms with Crippen molar-refractivity contribution in [3.63, 3.8) is 0 Å². The Labute approximate surface area is 207 Å². The highest BCUT2D eigenvalue weighted by atomic mass is 31.1. The Kier molecular flexibility index (Phi) is 7.57. The average molecular weight is 485 g/mol. The first-order chi connectivity index (χ1) is 16.2. The summed E-state index contributed by atoms with van der Waals surface area (Å²) in [5.41, 5.74) is 4.82. The third kappa shape index (κ3) is 5.60. The van der Waals surface area contributed by atoms with E-state index < -0.39 is 7.92 Å². The third-order valence-electron chi connectivity index (χ3n) is 6.15. The number of aromatic hydroxyl groups is 1. The lowest BCUT2D eigenvalue weighted by molar-refractivity contribution is 0.450. The summed E-state index contributed by atoms with van der Waals surface area (Å²) in [6.07, 6.45) is 0.992. The first-order valence-corrected chi connectivity index (χ1v) is 14.3. The minimum absolute atomic E-state index is 0.0984. The van der Waals surface area contributed by atoms with E-state index in [4.69, 9.17) is 0 Å². The van der Waals surface area contributed by atoms with Gasteiger partial charge in [0.05, 0.1) is 0 Å². The lowest BCUT2D eigenvalue weighted by Gasteiger charge is -2.24. The number of aryl methyl sites for hydroxylation is 2. The fourth-order valence-electron chi connectivity index (χ4n) is 4.34. The molecule has 3 heteroatoms. The maximum absolute atomic E-state index is 11.2. The summed E-state index contributed by atoms with van der Waals surface area (Å²) in [5, 5.41) is 16.4. The van der Waals surface area contributed by atoms with Crippen molar-refractivity contribution in [2.45, 2.75) is 46.2 Å². The summed E-state index contributed by atoms with van der Waals surface area (Å²) in [6, 6.07) is 32.8. The van der Waals surface area contributed by atoms with Crippen molar-refractivity contribution in [3.05, 3.63) is 113 Å². The molecule has 4 aromatic rings. The van der Waals surface area contributed by atoms with Crippen LogP contribution in [0.1, 0.15) is 43.0 Å². The minimum atomic E-state index is -0.527. The van der Waals surface area contributed by atoms with Gasteiger partial charge in [-0.1, -0.05) is 114 Å². The summed E-state index contributed by atoms with van der Waals surface area (Å²) in [6.45, 7) is 10.8. The Morgan fingerprint density at radius 1 is 0.765 bits per heavy atom. The van der Waals surface area contributed by atoms with Crippen LogP contribution in [-0.4, -0.2) is 5.11 Å². The van der Waals surface area contributed by atoms with Gasteiger partial charge in [-0.15, -0.1) is 0 Å². The summed E-state index contributed by atoms with van der Waals surface area (Å²) in [5.74, 6) is 0.457. The number of benzene rings is 4. The summed E-state index contributed by atoms with van der Waals surface area (Å²) >= 11 is 0. The van der Waals surface area contributed by atoms with Crippen LogP contribution in [0.5, 0.6) is 5.75 Å². The molecule has 0 saturated heterocycles. The van der Waals surface area contributed by atoms with Crippen molar-refractivity contribution in [2.24, 2.45) is 0 Å². The lowest BCUT2D eigenvalue weighted by Crippen LogP contribution is -2.19. The number of hydrogen-bond acceptors (Lipinski definition) is 1. The highest BCUT2D eigenvalue weighted by Crippen LogP contribution is 2.39. The van der Waals surface area contributed by atoms with E-state index in [0.29, 0.717) is 14.3 Å². The molecule has 0 radical (unpaired) electrons. The van der Waals surface area contributed by atoms with E-state index >= 15 is 0 Å². The van der Waals surface area contributed by atoms with Crippen molar-refractivity contribution in [1.29, 1.82) is 0 Å². The summed E-state index contributed by atoms with van der Waals surface area (Å²) in [7, 11) is -0.107. The van der Waals surface area contributed by atoms with Gasteiger partial charge in [-0.2, -0.15) is 0 Å². The van der Waals surface area contributed by atoms with Crippen LogP contribution in [-0.2, 0) is 11.6 Å². The largest absolute Gasteiger partial charge is 0.507 e. The van der Waals surface area contributed by atoms with Crippen LogP contribution in [0.25, 0.3) is 0 Å². The lowest BCUT2D eigenvalue weighted by atomic mass is 9.85. The summed E-state index contributed by atoms with van der Waals surface area (Å²) < 4.78 is 0. The topological polar surface area (TPSA) is 20.2 Å². The van der Waals surface area contributed by atoms with Gasteiger partial charge >= 0.3 is 0 Å². The normalized spacial score (nSPS) is 12.1. The second-order valence-corrected chi connectivity index (χ2v) is 13.4. The van der Waals surface area contributed by atoms with Crippen molar-refractivity contribution in [3.8, 4) is 5.75 Å². The molecule has 0 aromatic heterocycles. The zero-order valence-electron chi connectivity index (χ0n) is 20.8. The van der Waals surface area contributed by atoms with Gasteiger partial charge in [0.25, 0.3) is 0 Å². The van der Waals surface area contributed by atoms with Gasteiger partial charge in [0, 0.05) is 17.0 Å². The van der Waals surface area contributed by atoms with Crippen LogP contribution in [0.2, 0.25) is 0 Å². The van der Waals surface area contributed by atoms with Gasteiger partial charge in [0.1, 0.15) is 5.75 Å². The Balaban J connectivity index is 1.77. The van der Waals surface area contributed by atoms with Crippen LogP contribution in [0.15, 0.2) is 91.0 Å². The first-order valence-electron chi connectivity index (χ1n) is 11.8.